The average molecular weight is 476 g/mol. The standard InChI is InChI=1S/C27H33N3O3Si/c1-27(2,3)34(23-15-9-5-10-16-23,24-17-11-6-12-18-24)33-21-26(31)25(29-30-28)20-32-19-22-13-7-4-8-14-22/h4-18,25-26,31H,19-21H2,1-3H3. The minimum atomic E-state index is -2.80. The van der Waals surface area contributed by atoms with Crippen molar-refractivity contribution in [2.45, 2.75) is 44.6 Å². The number of aliphatic hydroxyl groups excluding tert-OH is 1. The van der Waals surface area contributed by atoms with Crippen LogP contribution in [0.25, 0.3) is 10.4 Å². The molecule has 0 saturated heterocycles. The van der Waals surface area contributed by atoms with Gasteiger partial charge in [0.1, 0.15) is 0 Å². The molecule has 2 atom stereocenters. The zero-order chi connectivity index (χ0) is 24.4. The fourth-order valence-corrected chi connectivity index (χ4v) is 8.82. The molecule has 0 bridgehead atoms. The Labute approximate surface area is 202 Å². The Hall–Kier alpha value is -2.93. The highest BCUT2D eigenvalue weighted by atomic mass is 28.4. The highest BCUT2D eigenvalue weighted by Crippen LogP contribution is 2.36. The smallest absolute Gasteiger partial charge is 0.261 e. The van der Waals surface area contributed by atoms with E-state index in [2.05, 4.69) is 55.1 Å². The first-order valence-electron chi connectivity index (χ1n) is 11.5. The maximum absolute atomic E-state index is 11.0. The van der Waals surface area contributed by atoms with Crippen LogP contribution >= 0.6 is 0 Å². The third kappa shape index (κ3) is 6.14. The quantitative estimate of drug-likeness (QED) is 0.187. The number of rotatable bonds is 11. The van der Waals surface area contributed by atoms with E-state index >= 15 is 0 Å². The van der Waals surface area contributed by atoms with E-state index in [1.54, 1.807) is 0 Å². The Morgan fingerprint density at radius 1 is 0.853 bits per heavy atom. The molecule has 0 heterocycles. The molecule has 2 unspecified atom stereocenters. The number of aliphatic hydroxyl groups is 1. The van der Waals surface area contributed by atoms with Crippen LogP contribution in [0.3, 0.4) is 0 Å². The summed E-state index contributed by atoms with van der Waals surface area (Å²) in [7, 11) is -2.80. The SMILES string of the molecule is CC(C)(C)[Si](OCC(O)C(COCc1ccccc1)N=[N+]=[N-])(c1ccccc1)c1ccccc1. The lowest BCUT2D eigenvalue weighted by Gasteiger charge is -2.43. The Kier molecular flexibility index (Phi) is 9.04. The molecule has 178 valence electrons. The van der Waals surface area contributed by atoms with Crippen LogP contribution in [-0.4, -0.2) is 38.8 Å². The summed E-state index contributed by atoms with van der Waals surface area (Å²) in [4.78, 5) is 2.93. The molecule has 0 fully saturated rings. The predicted octanol–water partition coefficient (Wildman–Crippen LogP) is 4.82. The summed E-state index contributed by atoms with van der Waals surface area (Å²) in [5, 5.41) is 16.9. The van der Waals surface area contributed by atoms with Gasteiger partial charge in [-0.2, -0.15) is 0 Å². The molecular formula is C27H33N3O3Si. The number of ether oxygens (including phenoxy) is 1. The van der Waals surface area contributed by atoms with E-state index in [0.717, 1.165) is 15.9 Å². The van der Waals surface area contributed by atoms with Gasteiger partial charge in [-0.3, -0.25) is 0 Å². The van der Waals surface area contributed by atoms with Crippen LogP contribution in [0.2, 0.25) is 5.04 Å². The molecule has 3 rings (SSSR count). The molecule has 0 aromatic heterocycles. The van der Waals surface area contributed by atoms with Gasteiger partial charge in [-0.1, -0.05) is 117 Å². The lowest BCUT2D eigenvalue weighted by atomic mass is 10.2. The van der Waals surface area contributed by atoms with Gasteiger partial charge in [0.15, 0.2) is 0 Å². The Bertz CT molecular complexity index is 1010. The highest BCUT2D eigenvalue weighted by Gasteiger charge is 2.50. The zero-order valence-corrected chi connectivity index (χ0v) is 21.0. The predicted molar refractivity (Wildman–Crippen MR) is 139 cm³/mol. The van der Waals surface area contributed by atoms with Crippen LogP contribution in [0.15, 0.2) is 96.1 Å². The van der Waals surface area contributed by atoms with Crippen molar-refractivity contribution in [3.63, 3.8) is 0 Å². The molecular weight excluding hydrogens is 442 g/mol. The first-order chi connectivity index (χ1) is 16.4. The van der Waals surface area contributed by atoms with Crippen molar-refractivity contribution in [1.82, 2.24) is 0 Å². The molecule has 0 aliphatic carbocycles. The van der Waals surface area contributed by atoms with E-state index in [4.69, 9.17) is 14.7 Å². The third-order valence-electron chi connectivity index (χ3n) is 5.93. The van der Waals surface area contributed by atoms with Crippen LogP contribution < -0.4 is 10.4 Å². The van der Waals surface area contributed by atoms with Gasteiger partial charge in [0, 0.05) is 4.91 Å². The van der Waals surface area contributed by atoms with Crippen molar-refractivity contribution >= 4 is 18.7 Å². The Balaban J connectivity index is 1.82. The van der Waals surface area contributed by atoms with Crippen molar-refractivity contribution in [3.05, 3.63) is 107 Å². The van der Waals surface area contributed by atoms with E-state index < -0.39 is 20.5 Å². The van der Waals surface area contributed by atoms with Crippen molar-refractivity contribution in [2.24, 2.45) is 5.11 Å². The minimum Gasteiger partial charge on any atom is -0.405 e. The van der Waals surface area contributed by atoms with E-state index in [1.165, 1.54) is 0 Å². The minimum absolute atomic E-state index is 0.0334. The van der Waals surface area contributed by atoms with Crippen LogP contribution in [0.5, 0.6) is 0 Å². The summed E-state index contributed by atoms with van der Waals surface area (Å²) < 4.78 is 12.5. The molecule has 0 spiro atoms. The summed E-state index contributed by atoms with van der Waals surface area (Å²) in [5.41, 5.74) is 10.1. The van der Waals surface area contributed by atoms with Crippen molar-refractivity contribution < 1.29 is 14.3 Å². The highest BCUT2D eigenvalue weighted by molar-refractivity contribution is 6.99. The number of benzene rings is 3. The van der Waals surface area contributed by atoms with Crippen molar-refractivity contribution in [2.75, 3.05) is 13.2 Å². The number of hydrogen-bond acceptors (Lipinski definition) is 4. The van der Waals surface area contributed by atoms with Crippen LogP contribution in [0.1, 0.15) is 26.3 Å². The fourth-order valence-electron chi connectivity index (χ4n) is 4.24. The molecule has 0 aliphatic heterocycles. The molecule has 3 aromatic rings. The van der Waals surface area contributed by atoms with Gasteiger partial charge in [0.05, 0.1) is 32.0 Å². The maximum Gasteiger partial charge on any atom is 0.261 e. The lowest BCUT2D eigenvalue weighted by molar-refractivity contribution is 0.0303. The van der Waals surface area contributed by atoms with Gasteiger partial charge >= 0.3 is 0 Å². The normalized spacial score (nSPS) is 13.6. The Morgan fingerprint density at radius 3 is 1.82 bits per heavy atom. The maximum atomic E-state index is 11.0. The molecule has 1 N–H and O–H groups in total. The van der Waals surface area contributed by atoms with E-state index in [-0.39, 0.29) is 18.3 Å². The third-order valence-corrected chi connectivity index (χ3v) is 10.9. The van der Waals surface area contributed by atoms with Gasteiger partial charge in [0.2, 0.25) is 0 Å². The molecule has 34 heavy (non-hydrogen) atoms. The van der Waals surface area contributed by atoms with Gasteiger partial charge in [-0.25, -0.2) is 0 Å². The molecule has 0 radical (unpaired) electrons. The lowest BCUT2D eigenvalue weighted by Crippen LogP contribution is -2.67. The van der Waals surface area contributed by atoms with Gasteiger partial charge in [-0.15, -0.1) is 0 Å². The first-order valence-corrected chi connectivity index (χ1v) is 13.4. The summed E-state index contributed by atoms with van der Waals surface area (Å²) in [6.45, 7) is 7.05. The summed E-state index contributed by atoms with van der Waals surface area (Å²) in [5.74, 6) is 0. The second kappa shape index (κ2) is 12.0. The van der Waals surface area contributed by atoms with Crippen LogP contribution in [0.4, 0.5) is 0 Å². The van der Waals surface area contributed by atoms with E-state index in [1.807, 2.05) is 66.7 Å². The van der Waals surface area contributed by atoms with Gasteiger partial charge in [-0.05, 0) is 26.5 Å². The van der Waals surface area contributed by atoms with Gasteiger partial charge in [0.25, 0.3) is 8.32 Å². The largest absolute Gasteiger partial charge is 0.405 e. The topological polar surface area (TPSA) is 87.5 Å². The second-order valence-electron chi connectivity index (χ2n) is 9.31. The van der Waals surface area contributed by atoms with E-state index in [9.17, 15) is 5.11 Å². The summed E-state index contributed by atoms with van der Waals surface area (Å²) in [6, 6.07) is 29.5. The molecule has 6 nitrogen and oxygen atoms in total. The van der Waals surface area contributed by atoms with Crippen molar-refractivity contribution in [3.8, 4) is 0 Å². The number of nitrogens with zero attached hydrogens (tertiary/aromatic N) is 3. The van der Waals surface area contributed by atoms with Crippen LogP contribution in [-0.2, 0) is 15.8 Å². The summed E-state index contributed by atoms with van der Waals surface area (Å²) >= 11 is 0. The molecule has 0 saturated carbocycles. The average Bonchev–Trinajstić information content (AvgIpc) is 2.85. The second-order valence-corrected chi connectivity index (χ2v) is 13.6. The molecule has 0 amide bonds. The van der Waals surface area contributed by atoms with Crippen molar-refractivity contribution in [1.29, 1.82) is 0 Å². The zero-order valence-electron chi connectivity index (χ0n) is 20.0. The summed E-state index contributed by atoms with van der Waals surface area (Å²) in [6.07, 6.45) is -1.01. The Morgan fingerprint density at radius 2 is 1.35 bits per heavy atom. The van der Waals surface area contributed by atoms with E-state index in [0.29, 0.717) is 6.61 Å². The monoisotopic (exact) mass is 475 g/mol. The number of hydrogen-bond donors (Lipinski definition) is 1. The first kappa shape index (κ1) is 25.7. The van der Waals surface area contributed by atoms with Crippen LogP contribution in [0, 0.1) is 0 Å². The fraction of sp³-hybridized carbons (Fsp3) is 0.333. The number of azide groups is 1. The van der Waals surface area contributed by atoms with Gasteiger partial charge < -0.3 is 14.3 Å². The molecule has 3 aromatic carbocycles. The molecule has 7 heteroatoms. The molecule has 0 aliphatic rings.